The number of aromatic amines is 1. The van der Waals surface area contributed by atoms with Crippen LogP contribution in [0, 0.1) is 11.8 Å². The van der Waals surface area contributed by atoms with E-state index in [4.69, 9.17) is 9.84 Å². The standard InChI is InChI=1S/C13H21N3O4/c1-8(2)4-9(5-10(17)18)6-14-12-11(20-3)13(19)16-7-15-12/h7-9H,4-6H2,1-3H3,(H,17,18)(H2,14,15,16,19). The number of ether oxygens (including phenoxy) is 1. The number of carboxylic acids is 1. The van der Waals surface area contributed by atoms with Crippen molar-refractivity contribution < 1.29 is 14.6 Å². The number of hydrogen-bond acceptors (Lipinski definition) is 5. The second kappa shape index (κ2) is 7.52. The van der Waals surface area contributed by atoms with Crippen molar-refractivity contribution in [2.45, 2.75) is 26.7 Å². The van der Waals surface area contributed by atoms with Crippen molar-refractivity contribution in [3.8, 4) is 5.75 Å². The predicted octanol–water partition coefficient (Wildman–Crippen LogP) is 1.33. The second-order valence-electron chi connectivity index (χ2n) is 5.09. The zero-order valence-electron chi connectivity index (χ0n) is 12.0. The van der Waals surface area contributed by atoms with E-state index in [1.807, 2.05) is 13.8 Å². The van der Waals surface area contributed by atoms with Crippen molar-refractivity contribution in [3.05, 3.63) is 16.7 Å². The van der Waals surface area contributed by atoms with Gasteiger partial charge in [0.25, 0.3) is 5.56 Å². The summed E-state index contributed by atoms with van der Waals surface area (Å²) in [5.41, 5.74) is -0.372. The molecule has 20 heavy (non-hydrogen) atoms. The molecule has 0 spiro atoms. The van der Waals surface area contributed by atoms with E-state index in [0.717, 1.165) is 6.42 Å². The van der Waals surface area contributed by atoms with E-state index >= 15 is 0 Å². The zero-order chi connectivity index (χ0) is 15.1. The molecule has 1 aromatic rings. The fraction of sp³-hybridized carbons (Fsp3) is 0.615. The quantitative estimate of drug-likeness (QED) is 0.665. The molecule has 0 aliphatic carbocycles. The summed E-state index contributed by atoms with van der Waals surface area (Å²) in [7, 11) is 1.39. The first-order chi connectivity index (χ1) is 9.43. The van der Waals surface area contributed by atoms with E-state index in [2.05, 4.69) is 15.3 Å². The van der Waals surface area contributed by atoms with Crippen LogP contribution >= 0.6 is 0 Å². The Balaban J connectivity index is 2.74. The first kappa shape index (κ1) is 16.0. The molecule has 0 aliphatic rings. The number of hydrogen-bond donors (Lipinski definition) is 3. The van der Waals surface area contributed by atoms with E-state index in [-0.39, 0.29) is 23.6 Å². The average Bonchev–Trinajstić information content (AvgIpc) is 2.34. The predicted molar refractivity (Wildman–Crippen MR) is 75.1 cm³/mol. The Labute approximate surface area is 117 Å². The van der Waals surface area contributed by atoms with Crippen LogP contribution in [0.25, 0.3) is 0 Å². The Morgan fingerprint density at radius 2 is 2.25 bits per heavy atom. The van der Waals surface area contributed by atoms with Gasteiger partial charge < -0.3 is 20.1 Å². The van der Waals surface area contributed by atoms with Crippen molar-refractivity contribution in [1.82, 2.24) is 9.97 Å². The maximum atomic E-state index is 11.5. The summed E-state index contributed by atoms with van der Waals surface area (Å²) < 4.78 is 4.99. The van der Waals surface area contributed by atoms with Gasteiger partial charge in [0.2, 0.25) is 5.75 Å². The second-order valence-corrected chi connectivity index (χ2v) is 5.09. The number of nitrogens with zero attached hydrogens (tertiary/aromatic N) is 1. The number of anilines is 1. The van der Waals surface area contributed by atoms with Crippen LogP contribution in [0.5, 0.6) is 5.75 Å². The van der Waals surface area contributed by atoms with E-state index in [9.17, 15) is 9.59 Å². The monoisotopic (exact) mass is 283 g/mol. The third-order valence-corrected chi connectivity index (χ3v) is 2.84. The number of carbonyl (C=O) groups is 1. The van der Waals surface area contributed by atoms with Gasteiger partial charge in [-0.1, -0.05) is 13.8 Å². The van der Waals surface area contributed by atoms with Gasteiger partial charge in [-0.15, -0.1) is 0 Å². The van der Waals surface area contributed by atoms with Crippen molar-refractivity contribution in [2.75, 3.05) is 19.0 Å². The van der Waals surface area contributed by atoms with Gasteiger partial charge in [0.1, 0.15) is 0 Å². The van der Waals surface area contributed by atoms with Gasteiger partial charge in [-0.05, 0) is 18.3 Å². The highest BCUT2D eigenvalue weighted by molar-refractivity contribution is 5.67. The lowest BCUT2D eigenvalue weighted by Gasteiger charge is -2.18. The van der Waals surface area contributed by atoms with Gasteiger partial charge in [-0.3, -0.25) is 9.59 Å². The zero-order valence-corrected chi connectivity index (χ0v) is 12.0. The summed E-state index contributed by atoms with van der Waals surface area (Å²) in [6.07, 6.45) is 2.14. The molecule has 1 atom stereocenters. The van der Waals surface area contributed by atoms with Crippen LogP contribution in [0.4, 0.5) is 5.82 Å². The number of aromatic nitrogens is 2. The molecule has 7 heteroatoms. The molecule has 0 aromatic carbocycles. The Bertz CT molecular complexity index is 499. The smallest absolute Gasteiger partial charge is 0.303 e. The molecule has 3 N–H and O–H groups in total. The lowest BCUT2D eigenvalue weighted by atomic mass is 9.94. The summed E-state index contributed by atoms with van der Waals surface area (Å²) in [6, 6.07) is 0. The number of H-pyrrole nitrogens is 1. The lowest BCUT2D eigenvalue weighted by Crippen LogP contribution is -2.22. The molecule has 0 amide bonds. The number of nitrogens with one attached hydrogen (secondary N) is 2. The third kappa shape index (κ3) is 4.91. The van der Waals surface area contributed by atoms with E-state index in [1.165, 1.54) is 13.4 Å². The van der Waals surface area contributed by atoms with Crippen molar-refractivity contribution in [1.29, 1.82) is 0 Å². The van der Waals surface area contributed by atoms with Crippen molar-refractivity contribution >= 4 is 11.8 Å². The van der Waals surface area contributed by atoms with Crippen molar-refractivity contribution in [2.24, 2.45) is 11.8 Å². The maximum Gasteiger partial charge on any atom is 0.303 e. The number of rotatable bonds is 8. The van der Waals surface area contributed by atoms with Crippen LogP contribution in [0.1, 0.15) is 26.7 Å². The van der Waals surface area contributed by atoms with Gasteiger partial charge in [0, 0.05) is 13.0 Å². The summed E-state index contributed by atoms with van der Waals surface area (Å²) in [5, 5.41) is 11.9. The van der Waals surface area contributed by atoms with Crippen LogP contribution in [-0.4, -0.2) is 34.7 Å². The van der Waals surface area contributed by atoms with Gasteiger partial charge in [0.05, 0.1) is 13.4 Å². The Morgan fingerprint density at radius 3 is 2.80 bits per heavy atom. The van der Waals surface area contributed by atoms with Crippen LogP contribution in [0.3, 0.4) is 0 Å². The van der Waals surface area contributed by atoms with Crippen molar-refractivity contribution in [3.63, 3.8) is 0 Å². The van der Waals surface area contributed by atoms with E-state index in [1.54, 1.807) is 0 Å². The average molecular weight is 283 g/mol. The summed E-state index contributed by atoms with van der Waals surface area (Å²) in [5.74, 6) is -0.0294. The molecule has 0 saturated carbocycles. The highest BCUT2D eigenvalue weighted by Gasteiger charge is 2.16. The maximum absolute atomic E-state index is 11.5. The summed E-state index contributed by atoms with van der Waals surface area (Å²) in [6.45, 7) is 4.51. The Kier molecular flexibility index (Phi) is 6.02. The molecule has 0 radical (unpaired) electrons. The minimum atomic E-state index is -0.830. The molecule has 112 valence electrons. The van der Waals surface area contributed by atoms with Gasteiger partial charge in [-0.25, -0.2) is 4.98 Å². The van der Waals surface area contributed by atoms with E-state index < -0.39 is 5.97 Å². The Morgan fingerprint density at radius 1 is 1.55 bits per heavy atom. The molecule has 0 bridgehead atoms. The first-order valence-electron chi connectivity index (χ1n) is 6.51. The minimum absolute atomic E-state index is 0.0294. The van der Waals surface area contributed by atoms with Crippen LogP contribution in [-0.2, 0) is 4.79 Å². The highest BCUT2D eigenvalue weighted by atomic mass is 16.5. The molecule has 1 heterocycles. The van der Waals surface area contributed by atoms with Crippen LogP contribution in [0.15, 0.2) is 11.1 Å². The molecule has 1 aromatic heterocycles. The van der Waals surface area contributed by atoms with Crippen LogP contribution in [0.2, 0.25) is 0 Å². The molecular weight excluding hydrogens is 262 g/mol. The molecule has 1 unspecified atom stereocenters. The molecule has 0 aliphatic heterocycles. The Hall–Kier alpha value is -2.05. The van der Waals surface area contributed by atoms with Gasteiger partial charge >= 0.3 is 5.97 Å². The lowest BCUT2D eigenvalue weighted by molar-refractivity contribution is -0.138. The minimum Gasteiger partial charge on any atom is -0.489 e. The number of aliphatic carboxylic acids is 1. The van der Waals surface area contributed by atoms with E-state index in [0.29, 0.717) is 18.3 Å². The molecule has 1 rings (SSSR count). The highest BCUT2D eigenvalue weighted by Crippen LogP contribution is 2.19. The SMILES string of the molecule is COc1c(NCC(CC(=O)O)CC(C)C)nc[nH]c1=O. The third-order valence-electron chi connectivity index (χ3n) is 2.84. The number of methoxy groups -OCH3 is 1. The summed E-state index contributed by atoms with van der Waals surface area (Å²) >= 11 is 0. The number of carboxylic acid groups (broad SMARTS) is 1. The molecule has 0 saturated heterocycles. The first-order valence-corrected chi connectivity index (χ1v) is 6.51. The molecule has 7 nitrogen and oxygen atoms in total. The largest absolute Gasteiger partial charge is 0.489 e. The normalized spacial score (nSPS) is 12.2. The topological polar surface area (TPSA) is 104 Å². The van der Waals surface area contributed by atoms with Crippen LogP contribution < -0.4 is 15.6 Å². The molecule has 0 fully saturated rings. The van der Waals surface area contributed by atoms with Gasteiger partial charge in [0.15, 0.2) is 5.82 Å². The van der Waals surface area contributed by atoms with Gasteiger partial charge in [-0.2, -0.15) is 0 Å². The molecular formula is C13H21N3O4. The fourth-order valence-corrected chi connectivity index (χ4v) is 2.10. The fourth-order valence-electron chi connectivity index (χ4n) is 2.10. The summed E-state index contributed by atoms with van der Waals surface area (Å²) in [4.78, 5) is 28.8.